The molecule has 2 aromatic carbocycles. The molecule has 4 rings (SSSR count). The Kier molecular flexibility index (Phi) is 3.60. The highest BCUT2D eigenvalue weighted by molar-refractivity contribution is 7.99. The third-order valence-electron chi connectivity index (χ3n) is 4.42. The summed E-state index contributed by atoms with van der Waals surface area (Å²) in [4.78, 5) is 4.69. The molecular weight excluding hydrogens is 294 g/mol. The van der Waals surface area contributed by atoms with Crippen molar-refractivity contribution in [3.05, 3.63) is 53.1 Å². The summed E-state index contributed by atoms with van der Waals surface area (Å²) in [6.07, 6.45) is -0.551. The smallest absolute Gasteiger partial charge is 0.108 e. The average molecular weight is 313 g/mol. The molecule has 1 saturated heterocycles. The SMILES string of the molecule is Cc1ccc(N2CCOCC2)c2c1Sc1ccccc1C2O. The topological polar surface area (TPSA) is 32.7 Å². The van der Waals surface area contributed by atoms with E-state index >= 15 is 0 Å². The second kappa shape index (κ2) is 5.61. The molecule has 2 heterocycles. The van der Waals surface area contributed by atoms with Gasteiger partial charge in [0.25, 0.3) is 0 Å². The summed E-state index contributed by atoms with van der Waals surface area (Å²) in [5, 5.41) is 11.0. The number of hydrogen-bond acceptors (Lipinski definition) is 4. The minimum absolute atomic E-state index is 0.551. The predicted octanol–water partition coefficient (Wildman–Crippen LogP) is 3.38. The Morgan fingerprint density at radius 3 is 2.73 bits per heavy atom. The van der Waals surface area contributed by atoms with Gasteiger partial charge in [0.2, 0.25) is 0 Å². The van der Waals surface area contributed by atoms with Crippen molar-refractivity contribution >= 4 is 17.4 Å². The molecule has 0 bridgehead atoms. The molecule has 0 amide bonds. The van der Waals surface area contributed by atoms with Crippen LogP contribution in [0.15, 0.2) is 46.2 Å². The van der Waals surface area contributed by atoms with Crippen LogP contribution >= 0.6 is 11.8 Å². The lowest BCUT2D eigenvalue weighted by Gasteiger charge is -2.35. The Morgan fingerprint density at radius 2 is 1.91 bits per heavy atom. The van der Waals surface area contributed by atoms with Gasteiger partial charge in [-0.2, -0.15) is 0 Å². The number of rotatable bonds is 1. The van der Waals surface area contributed by atoms with Gasteiger partial charge in [0, 0.05) is 34.1 Å². The lowest BCUT2D eigenvalue weighted by atomic mass is 9.96. The molecule has 2 aromatic rings. The Bertz CT molecular complexity index is 710. The molecule has 1 atom stereocenters. The van der Waals surface area contributed by atoms with E-state index in [1.54, 1.807) is 11.8 Å². The van der Waals surface area contributed by atoms with Crippen LogP contribution in [0.1, 0.15) is 22.8 Å². The van der Waals surface area contributed by atoms with Gasteiger partial charge < -0.3 is 14.7 Å². The van der Waals surface area contributed by atoms with Crippen molar-refractivity contribution in [1.29, 1.82) is 0 Å². The standard InChI is InChI=1S/C18H19NO2S/c1-12-6-7-14(19-8-10-21-11-9-19)16-17(20)13-4-2-3-5-15(13)22-18(12)16/h2-7,17,20H,8-11H2,1H3. The van der Waals surface area contributed by atoms with Crippen LogP contribution in [-0.2, 0) is 4.74 Å². The fraction of sp³-hybridized carbons (Fsp3) is 0.333. The molecule has 0 saturated carbocycles. The molecule has 0 spiro atoms. The molecule has 0 aliphatic carbocycles. The third kappa shape index (κ3) is 2.22. The molecule has 3 nitrogen and oxygen atoms in total. The van der Waals surface area contributed by atoms with E-state index in [4.69, 9.17) is 4.74 Å². The first-order chi connectivity index (χ1) is 10.8. The highest BCUT2D eigenvalue weighted by Gasteiger charge is 2.30. The summed E-state index contributed by atoms with van der Waals surface area (Å²) in [5.41, 5.74) is 4.45. The molecule has 2 aliphatic rings. The molecule has 4 heteroatoms. The van der Waals surface area contributed by atoms with Crippen LogP contribution < -0.4 is 4.90 Å². The summed E-state index contributed by atoms with van der Waals surface area (Å²) in [6, 6.07) is 12.5. The van der Waals surface area contributed by atoms with Crippen molar-refractivity contribution in [2.45, 2.75) is 22.8 Å². The minimum Gasteiger partial charge on any atom is -0.383 e. The van der Waals surface area contributed by atoms with Crippen LogP contribution in [0.5, 0.6) is 0 Å². The predicted molar refractivity (Wildman–Crippen MR) is 88.8 cm³/mol. The maximum atomic E-state index is 11.0. The fourth-order valence-electron chi connectivity index (χ4n) is 3.24. The molecule has 1 fully saturated rings. The van der Waals surface area contributed by atoms with Crippen LogP contribution in [0.4, 0.5) is 5.69 Å². The van der Waals surface area contributed by atoms with E-state index in [1.165, 1.54) is 10.5 Å². The highest BCUT2D eigenvalue weighted by Crippen LogP contribution is 2.49. The monoisotopic (exact) mass is 313 g/mol. The van der Waals surface area contributed by atoms with Crippen LogP contribution in [0.2, 0.25) is 0 Å². The Morgan fingerprint density at radius 1 is 1.14 bits per heavy atom. The molecule has 22 heavy (non-hydrogen) atoms. The average Bonchev–Trinajstić information content (AvgIpc) is 2.57. The number of hydrogen-bond donors (Lipinski definition) is 1. The number of aryl methyl sites for hydroxylation is 1. The van der Waals surface area contributed by atoms with Crippen LogP contribution in [0.25, 0.3) is 0 Å². The second-order valence-corrected chi connectivity index (χ2v) is 6.84. The van der Waals surface area contributed by atoms with Crippen molar-refractivity contribution in [3.63, 3.8) is 0 Å². The summed E-state index contributed by atoms with van der Waals surface area (Å²) in [6.45, 7) is 5.39. The van der Waals surface area contributed by atoms with Gasteiger partial charge in [-0.1, -0.05) is 36.0 Å². The second-order valence-electron chi connectivity index (χ2n) is 5.79. The number of aliphatic hydroxyl groups is 1. The zero-order valence-electron chi connectivity index (χ0n) is 12.6. The van der Waals surface area contributed by atoms with E-state index in [1.807, 2.05) is 18.2 Å². The summed E-state index contributed by atoms with van der Waals surface area (Å²) in [5.74, 6) is 0. The first kappa shape index (κ1) is 14.1. The molecule has 1 N–H and O–H groups in total. The number of benzene rings is 2. The van der Waals surface area contributed by atoms with E-state index in [0.29, 0.717) is 0 Å². The number of fused-ring (bicyclic) bond motifs is 2. The van der Waals surface area contributed by atoms with Crippen molar-refractivity contribution in [1.82, 2.24) is 0 Å². The van der Waals surface area contributed by atoms with Crippen molar-refractivity contribution in [3.8, 4) is 0 Å². The van der Waals surface area contributed by atoms with Gasteiger partial charge >= 0.3 is 0 Å². The Hall–Kier alpha value is -1.49. The van der Waals surface area contributed by atoms with E-state index in [9.17, 15) is 5.11 Å². The summed E-state index contributed by atoms with van der Waals surface area (Å²) >= 11 is 1.77. The zero-order valence-corrected chi connectivity index (χ0v) is 13.4. The van der Waals surface area contributed by atoms with E-state index < -0.39 is 6.10 Å². The van der Waals surface area contributed by atoms with E-state index in [-0.39, 0.29) is 0 Å². The Labute approximate surface area is 134 Å². The zero-order chi connectivity index (χ0) is 15.1. The molecule has 0 radical (unpaired) electrons. The van der Waals surface area contributed by atoms with Crippen LogP contribution in [0, 0.1) is 6.92 Å². The molecule has 1 unspecified atom stereocenters. The maximum absolute atomic E-state index is 11.0. The van der Waals surface area contributed by atoms with Crippen molar-refractivity contribution < 1.29 is 9.84 Å². The number of morpholine rings is 1. The Balaban J connectivity index is 1.85. The lowest BCUT2D eigenvalue weighted by molar-refractivity contribution is 0.122. The minimum atomic E-state index is -0.551. The van der Waals surface area contributed by atoms with Gasteiger partial charge in [-0.25, -0.2) is 0 Å². The van der Waals surface area contributed by atoms with Gasteiger partial charge in [-0.3, -0.25) is 0 Å². The molecule has 114 valence electrons. The van der Waals surface area contributed by atoms with Crippen molar-refractivity contribution in [2.24, 2.45) is 0 Å². The maximum Gasteiger partial charge on any atom is 0.108 e. The van der Waals surface area contributed by atoms with Crippen LogP contribution in [0.3, 0.4) is 0 Å². The summed E-state index contributed by atoms with van der Waals surface area (Å²) < 4.78 is 5.46. The summed E-state index contributed by atoms with van der Waals surface area (Å²) in [7, 11) is 0. The number of anilines is 1. The van der Waals surface area contributed by atoms with Crippen molar-refractivity contribution in [2.75, 3.05) is 31.2 Å². The van der Waals surface area contributed by atoms with Gasteiger partial charge in [0.05, 0.1) is 13.2 Å². The van der Waals surface area contributed by atoms with Gasteiger partial charge in [-0.15, -0.1) is 0 Å². The van der Waals surface area contributed by atoms with Crippen LogP contribution in [-0.4, -0.2) is 31.4 Å². The number of ether oxygens (including phenoxy) is 1. The number of nitrogens with zero attached hydrogens (tertiary/aromatic N) is 1. The molecule has 2 aliphatic heterocycles. The lowest BCUT2D eigenvalue weighted by Crippen LogP contribution is -2.37. The van der Waals surface area contributed by atoms with Gasteiger partial charge in [0.1, 0.15) is 6.10 Å². The quantitative estimate of drug-likeness (QED) is 0.875. The first-order valence-corrected chi connectivity index (χ1v) is 8.48. The highest BCUT2D eigenvalue weighted by atomic mass is 32.2. The first-order valence-electron chi connectivity index (χ1n) is 7.67. The third-order valence-corrected chi connectivity index (χ3v) is 5.76. The largest absolute Gasteiger partial charge is 0.383 e. The van der Waals surface area contributed by atoms with E-state index in [2.05, 4.69) is 30.0 Å². The normalized spacial score (nSPS) is 20.5. The van der Waals surface area contributed by atoms with E-state index in [0.717, 1.165) is 48.0 Å². The number of aliphatic hydroxyl groups excluding tert-OH is 1. The van der Waals surface area contributed by atoms with Gasteiger partial charge in [0.15, 0.2) is 0 Å². The van der Waals surface area contributed by atoms with Gasteiger partial charge in [-0.05, 0) is 30.2 Å². The molecule has 0 aromatic heterocycles. The molecular formula is C18H19NO2S. The fourth-order valence-corrected chi connectivity index (χ4v) is 4.46.